The van der Waals surface area contributed by atoms with E-state index in [0.717, 1.165) is 6.07 Å². The van der Waals surface area contributed by atoms with Crippen molar-refractivity contribution in [3.63, 3.8) is 0 Å². The number of carboxylic acid groups (broad SMARTS) is 1. The number of nitrogens with zero attached hydrogens (tertiary/aromatic N) is 2. The topological polar surface area (TPSA) is 106 Å². The van der Waals surface area contributed by atoms with Crippen LogP contribution in [0, 0.1) is 5.92 Å². The van der Waals surface area contributed by atoms with Crippen LogP contribution in [0.2, 0.25) is 0 Å². The normalized spacial score (nSPS) is 22.6. The summed E-state index contributed by atoms with van der Waals surface area (Å²) in [4.78, 5) is 18.2. The van der Waals surface area contributed by atoms with Gasteiger partial charge in [-0.2, -0.15) is 13.2 Å². The summed E-state index contributed by atoms with van der Waals surface area (Å²) < 4.78 is 72.1. The minimum Gasteiger partial charge on any atom is -0.481 e. The molecule has 7 nitrogen and oxygen atoms in total. The van der Waals surface area contributed by atoms with Crippen molar-refractivity contribution in [1.29, 1.82) is 0 Å². The Kier molecular flexibility index (Phi) is 5.63. The summed E-state index contributed by atoms with van der Waals surface area (Å²) in [6.07, 6.45) is -2.41. The van der Waals surface area contributed by atoms with Gasteiger partial charge >= 0.3 is 12.1 Å². The number of halogens is 3. The van der Waals surface area contributed by atoms with Crippen molar-refractivity contribution < 1.29 is 36.2 Å². The molecule has 0 bridgehead atoms. The third kappa shape index (κ3) is 4.10. The van der Waals surface area contributed by atoms with E-state index in [1.165, 1.54) is 31.8 Å². The predicted octanol–water partition coefficient (Wildman–Crippen LogP) is 2.81. The first-order valence-electron chi connectivity index (χ1n) is 8.53. The molecule has 1 aliphatic carbocycles. The maximum Gasteiger partial charge on any atom is 0.417 e. The van der Waals surface area contributed by atoms with Gasteiger partial charge in [0.15, 0.2) is 9.84 Å². The van der Waals surface area contributed by atoms with E-state index in [4.69, 9.17) is 4.74 Å². The molecule has 156 valence electrons. The quantitative estimate of drug-likeness (QED) is 0.777. The minimum absolute atomic E-state index is 0.0639. The van der Waals surface area contributed by atoms with Crippen molar-refractivity contribution >= 4 is 15.8 Å². The molecule has 0 aliphatic heterocycles. The molecule has 1 aromatic carbocycles. The highest BCUT2D eigenvalue weighted by Crippen LogP contribution is 2.41. The Morgan fingerprint density at radius 1 is 1.24 bits per heavy atom. The molecule has 1 aromatic heterocycles. The van der Waals surface area contributed by atoms with Crippen molar-refractivity contribution in [1.82, 2.24) is 9.97 Å². The zero-order valence-corrected chi connectivity index (χ0v) is 15.9. The largest absolute Gasteiger partial charge is 0.481 e. The Balaban J connectivity index is 2.06. The molecule has 0 radical (unpaired) electrons. The molecule has 0 unspecified atom stereocenters. The number of carbonyl (C=O) groups is 1. The molecule has 1 heterocycles. The van der Waals surface area contributed by atoms with Gasteiger partial charge in [-0.25, -0.2) is 8.42 Å². The average molecular weight is 430 g/mol. The molecule has 1 saturated carbocycles. The van der Waals surface area contributed by atoms with E-state index in [-0.39, 0.29) is 24.1 Å². The van der Waals surface area contributed by atoms with Crippen LogP contribution >= 0.6 is 0 Å². The SMILES string of the molecule is CO[C@H]1C[C@@H](S(=O)(=O)c2ccc(-c3cnccn3)cc2C(F)(F)F)C[C@@H]1C(=O)O. The lowest BCUT2D eigenvalue weighted by molar-refractivity contribution is -0.145. The Hall–Kier alpha value is -2.53. The van der Waals surface area contributed by atoms with Gasteiger partial charge in [0.2, 0.25) is 0 Å². The van der Waals surface area contributed by atoms with E-state index in [2.05, 4.69) is 9.97 Å². The highest BCUT2D eigenvalue weighted by atomic mass is 32.2. The fourth-order valence-electron chi connectivity index (χ4n) is 3.51. The molecule has 0 saturated heterocycles. The van der Waals surface area contributed by atoms with E-state index in [1.807, 2.05) is 0 Å². The van der Waals surface area contributed by atoms with E-state index in [0.29, 0.717) is 6.07 Å². The summed E-state index contributed by atoms with van der Waals surface area (Å²) >= 11 is 0. The molecular weight excluding hydrogens is 413 g/mol. The average Bonchev–Trinajstić information content (AvgIpc) is 3.13. The number of ether oxygens (including phenoxy) is 1. The highest BCUT2D eigenvalue weighted by Gasteiger charge is 2.47. The van der Waals surface area contributed by atoms with Crippen LogP contribution in [0.15, 0.2) is 41.7 Å². The third-order valence-corrected chi connectivity index (χ3v) is 7.20. The van der Waals surface area contributed by atoms with E-state index in [9.17, 15) is 31.5 Å². The first-order valence-corrected chi connectivity index (χ1v) is 10.1. The van der Waals surface area contributed by atoms with Crippen LogP contribution < -0.4 is 0 Å². The predicted molar refractivity (Wildman–Crippen MR) is 94.6 cm³/mol. The molecule has 0 spiro atoms. The van der Waals surface area contributed by atoms with Gasteiger partial charge in [0.05, 0.1) is 39.6 Å². The van der Waals surface area contributed by atoms with E-state index in [1.54, 1.807) is 0 Å². The summed E-state index contributed by atoms with van der Waals surface area (Å²) in [6.45, 7) is 0. The van der Waals surface area contributed by atoms with Gasteiger partial charge in [-0.15, -0.1) is 0 Å². The Morgan fingerprint density at radius 3 is 2.48 bits per heavy atom. The van der Waals surface area contributed by atoms with Crippen LogP contribution in [0.4, 0.5) is 13.2 Å². The molecule has 1 N–H and O–H groups in total. The molecule has 0 amide bonds. The van der Waals surface area contributed by atoms with Crippen LogP contribution in [0.3, 0.4) is 0 Å². The van der Waals surface area contributed by atoms with Crippen LogP contribution in [-0.2, 0) is 25.5 Å². The zero-order valence-electron chi connectivity index (χ0n) is 15.1. The van der Waals surface area contributed by atoms with Gasteiger partial charge < -0.3 is 9.84 Å². The summed E-state index contributed by atoms with van der Waals surface area (Å²) in [5.41, 5.74) is -1.10. The van der Waals surface area contributed by atoms with Crippen LogP contribution in [0.1, 0.15) is 18.4 Å². The fraction of sp³-hybridized carbons (Fsp3) is 0.389. The molecule has 1 fully saturated rings. The maximum atomic E-state index is 13.7. The highest BCUT2D eigenvalue weighted by molar-refractivity contribution is 7.92. The van der Waals surface area contributed by atoms with Crippen LogP contribution in [0.25, 0.3) is 11.3 Å². The van der Waals surface area contributed by atoms with Crippen LogP contribution in [-0.4, -0.2) is 47.9 Å². The van der Waals surface area contributed by atoms with E-state index < -0.39 is 49.7 Å². The Bertz CT molecular complexity index is 1010. The second kappa shape index (κ2) is 7.71. The number of aromatic nitrogens is 2. The third-order valence-electron chi connectivity index (χ3n) is 4.97. The number of alkyl halides is 3. The number of sulfone groups is 1. The van der Waals surface area contributed by atoms with Crippen molar-refractivity contribution in [2.75, 3.05) is 7.11 Å². The van der Waals surface area contributed by atoms with Crippen molar-refractivity contribution in [2.24, 2.45) is 5.92 Å². The van der Waals surface area contributed by atoms with Gasteiger partial charge in [0.25, 0.3) is 0 Å². The lowest BCUT2D eigenvalue weighted by Crippen LogP contribution is -2.24. The standard InChI is InChI=1S/C18H17F3N2O5S/c1-28-15-8-11(7-12(15)17(24)25)29(26,27)16-3-2-10(6-13(16)18(19,20)21)14-9-22-4-5-23-14/h2-6,9,11-12,15H,7-8H2,1H3,(H,24,25)/t11-,12-,15-/m0/s1. The molecule has 2 aromatic rings. The molecular formula is C18H17F3N2O5S. The number of hydrogen-bond donors (Lipinski definition) is 1. The first-order chi connectivity index (χ1) is 13.6. The molecule has 3 rings (SSSR count). The number of rotatable bonds is 5. The second-order valence-corrected chi connectivity index (χ2v) is 8.85. The monoisotopic (exact) mass is 430 g/mol. The number of benzene rings is 1. The number of hydrogen-bond acceptors (Lipinski definition) is 6. The number of aliphatic carboxylic acids is 1. The number of carboxylic acids is 1. The van der Waals surface area contributed by atoms with Gasteiger partial charge in [-0.1, -0.05) is 6.07 Å². The maximum absolute atomic E-state index is 13.7. The summed E-state index contributed by atoms with van der Waals surface area (Å²) in [6, 6.07) is 2.83. The summed E-state index contributed by atoms with van der Waals surface area (Å²) in [5, 5.41) is 7.95. The molecule has 1 aliphatic rings. The lowest BCUT2D eigenvalue weighted by Gasteiger charge is -2.18. The fourth-order valence-corrected chi connectivity index (χ4v) is 5.52. The molecule has 11 heteroatoms. The first kappa shape index (κ1) is 21.2. The summed E-state index contributed by atoms with van der Waals surface area (Å²) in [5.74, 6) is -2.35. The minimum atomic E-state index is -4.94. The van der Waals surface area contributed by atoms with Gasteiger partial charge in [0.1, 0.15) is 0 Å². The Morgan fingerprint density at radius 2 is 1.97 bits per heavy atom. The van der Waals surface area contributed by atoms with Crippen molar-refractivity contribution in [2.45, 2.75) is 35.3 Å². The van der Waals surface area contributed by atoms with E-state index >= 15 is 0 Å². The van der Waals surface area contributed by atoms with Gasteiger partial charge in [-0.3, -0.25) is 14.8 Å². The molecule has 3 atom stereocenters. The lowest BCUT2D eigenvalue weighted by atomic mass is 10.1. The smallest absolute Gasteiger partial charge is 0.417 e. The number of methoxy groups -OCH3 is 1. The van der Waals surface area contributed by atoms with Gasteiger partial charge in [-0.05, 0) is 25.0 Å². The van der Waals surface area contributed by atoms with Gasteiger partial charge in [0, 0.05) is 25.1 Å². The Labute approximate surface area is 164 Å². The summed E-state index contributed by atoms with van der Waals surface area (Å²) in [7, 11) is -3.22. The van der Waals surface area contributed by atoms with Crippen molar-refractivity contribution in [3.8, 4) is 11.3 Å². The molecule has 29 heavy (non-hydrogen) atoms. The van der Waals surface area contributed by atoms with Crippen molar-refractivity contribution in [3.05, 3.63) is 42.4 Å². The zero-order chi connectivity index (χ0) is 21.4. The second-order valence-electron chi connectivity index (χ2n) is 6.66. The van der Waals surface area contributed by atoms with Crippen LogP contribution in [0.5, 0.6) is 0 Å².